The molecule has 0 aliphatic carbocycles. The first kappa shape index (κ1) is 86.1. The average molecular weight is 1680 g/mol. The van der Waals surface area contributed by atoms with E-state index in [1.54, 1.807) is 170 Å². The second-order valence-electron chi connectivity index (χ2n) is 29.5. The molecule has 0 unspecified atom stereocenters. The number of carbonyl (C=O) groups excluding carboxylic acids is 4. The molecule has 628 valence electrons. The van der Waals surface area contributed by atoms with E-state index in [1.165, 1.54) is 5.56 Å². The highest BCUT2D eigenvalue weighted by molar-refractivity contribution is 5.98. The highest BCUT2D eigenvalue weighted by Crippen LogP contribution is 2.36. The van der Waals surface area contributed by atoms with Crippen LogP contribution in [0.5, 0.6) is 23.0 Å². The molecule has 16 N–H and O–H groups in total. The summed E-state index contributed by atoms with van der Waals surface area (Å²) >= 11 is 0. The molecule has 0 saturated carbocycles. The topological polar surface area (TPSA) is 405 Å². The van der Waals surface area contributed by atoms with Crippen molar-refractivity contribution in [3.63, 3.8) is 0 Å². The van der Waals surface area contributed by atoms with Gasteiger partial charge in [0.15, 0.2) is 23.3 Å². The molecular formula is C103H88N16O8. The van der Waals surface area contributed by atoms with Crippen LogP contribution >= 0.6 is 0 Å². The van der Waals surface area contributed by atoms with Crippen LogP contribution in [0.3, 0.4) is 0 Å². The number of anilines is 8. The van der Waals surface area contributed by atoms with Crippen LogP contribution in [0.15, 0.2) is 352 Å². The summed E-state index contributed by atoms with van der Waals surface area (Å²) in [4.78, 5) is 87.6. The highest BCUT2D eigenvalue weighted by Gasteiger charge is 2.21. The molecule has 0 aliphatic rings. The van der Waals surface area contributed by atoms with E-state index in [0.717, 1.165) is 84.8 Å². The van der Waals surface area contributed by atoms with E-state index in [1.807, 2.05) is 170 Å². The number of fused-ring (bicyclic) bond motifs is 1. The zero-order valence-corrected chi connectivity index (χ0v) is 68.7. The Balaban J connectivity index is 0.000000137. The molecule has 0 spiro atoms. The molecule has 0 atom stereocenters. The number of phenols is 4. The molecule has 4 amide bonds. The molecule has 24 heteroatoms. The summed E-state index contributed by atoms with van der Waals surface area (Å²) in [5.74, 6) is 1.46. The van der Waals surface area contributed by atoms with Gasteiger partial charge >= 0.3 is 0 Å². The van der Waals surface area contributed by atoms with Crippen molar-refractivity contribution >= 4 is 80.4 Å². The Labute approximate surface area is 732 Å². The summed E-state index contributed by atoms with van der Waals surface area (Å²) in [6.07, 6.45) is 9.87. The largest absolute Gasteiger partial charge is 0.508 e. The van der Waals surface area contributed by atoms with Gasteiger partial charge in [-0.3, -0.25) is 19.2 Å². The third-order valence-electron chi connectivity index (χ3n) is 20.1. The van der Waals surface area contributed by atoms with Crippen LogP contribution in [0.1, 0.15) is 41.5 Å². The molecular weight excluding hydrogens is 1590 g/mol. The predicted octanol–water partition coefficient (Wildman–Crippen LogP) is 19.4. The van der Waals surface area contributed by atoms with Crippen molar-refractivity contribution in [3.05, 3.63) is 375 Å². The van der Waals surface area contributed by atoms with Gasteiger partial charge in [0.25, 0.3) is 0 Å². The molecule has 24 nitrogen and oxygen atoms in total. The number of nitrogens with zero attached hydrogens (tertiary/aromatic N) is 8. The van der Waals surface area contributed by atoms with Gasteiger partial charge in [-0.25, -0.2) is 39.9 Å². The van der Waals surface area contributed by atoms with Gasteiger partial charge in [0.2, 0.25) is 23.6 Å². The zero-order chi connectivity index (χ0) is 88.4. The number of phenolic OH excluding ortho intramolecular Hbond substituents is 4. The number of aryl methyl sites for hydroxylation is 2. The van der Waals surface area contributed by atoms with Gasteiger partial charge in [0.05, 0.1) is 60.4 Å². The number of carbonyl (C=O) groups is 4. The Morgan fingerprint density at radius 1 is 0.252 bits per heavy atom. The minimum atomic E-state index is -0.190. The first-order valence-corrected chi connectivity index (χ1v) is 40.7. The van der Waals surface area contributed by atoms with Crippen LogP contribution in [0, 0.1) is 0 Å². The van der Waals surface area contributed by atoms with E-state index in [0.29, 0.717) is 111 Å². The van der Waals surface area contributed by atoms with E-state index in [9.17, 15) is 39.6 Å². The van der Waals surface area contributed by atoms with Gasteiger partial charge in [-0.05, 0) is 198 Å². The lowest BCUT2D eigenvalue weighted by molar-refractivity contribution is -0.117. The van der Waals surface area contributed by atoms with Crippen molar-refractivity contribution in [3.8, 4) is 113 Å². The minimum Gasteiger partial charge on any atom is -0.508 e. The van der Waals surface area contributed by atoms with E-state index in [2.05, 4.69) is 53.3 Å². The van der Waals surface area contributed by atoms with Gasteiger partial charge in [0, 0.05) is 80.1 Å². The van der Waals surface area contributed by atoms with Crippen LogP contribution in [-0.2, 0) is 44.9 Å². The molecule has 17 rings (SSSR count). The summed E-state index contributed by atoms with van der Waals surface area (Å²) in [6.45, 7) is 0. The summed E-state index contributed by atoms with van der Waals surface area (Å²) < 4.78 is 0. The van der Waals surface area contributed by atoms with Crippen molar-refractivity contribution in [2.45, 2.75) is 44.9 Å². The van der Waals surface area contributed by atoms with Crippen LogP contribution < -0.4 is 44.2 Å². The second-order valence-corrected chi connectivity index (χ2v) is 29.5. The molecule has 4 heterocycles. The maximum atomic E-state index is 12.9. The molecule has 0 fully saturated rings. The number of aromatic nitrogens is 8. The Morgan fingerprint density at radius 3 is 0.850 bits per heavy atom. The summed E-state index contributed by atoms with van der Waals surface area (Å²) in [6, 6.07) is 99.4. The average Bonchev–Trinajstić information content (AvgIpc) is 0.814. The summed E-state index contributed by atoms with van der Waals surface area (Å²) in [5, 5.41) is 52.4. The molecule has 0 aliphatic heterocycles. The quantitative estimate of drug-likeness (QED) is 0.0265. The fourth-order valence-corrected chi connectivity index (χ4v) is 13.4. The first-order chi connectivity index (χ1) is 61.8. The molecule has 17 aromatic rings. The number of hydrogen-bond acceptors (Lipinski definition) is 20. The van der Waals surface area contributed by atoms with E-state index >= 15 is 0 Å². The Kier molecular flexibility index (Phi) is 28.3. The standard InChI is InChI=1S/C28H22N4O2.C26H24N4O2.C25H22N4O2.C24H20N4O2/c29-23-11-7-20(8-12-23)25-17-30-28(27(31-25)21-9-13-24(33)14-10-21)32-26(34)16-18-5-6-19-3-1-2-4-22(19)15-18;27-21-13-9-19(10-14-21)23-17-28-26(25(29-23)20-11-15-22(31)16-12-20)30-24(32)8-4-7-18-5-2-1-3-6-18;26-20-11-7-18(8-12-20)22-16-27-25(24(28-22)19-9-13-21(30)14-10-19)29-23(31)15-6-17-4-2-1-3-5-17;25-19-10-6-17(7-11-19)21-15-26-24(23(27-21)18-8-12-20(29)13-9-18)28-22(30)14-16-4-2-1-3-5-16/h1-15,17,33H,16,29H2,(H,30,32,34);1-3,5-6,9-17,31H,4,7-8,27H2,(H,28,30,32);1-5,7-14,16,30H,6,15,26H2,(H,27,29,31);1-13,15,29H,14,25H2,(H,26,28,30). The van der Waals surface area contributed by atoms with E-state index < -0.39 is 0 Å². The number of rotatable bonds is 23. The minimum absolute atomic E-state index is 0.115. The fourth-order valence-electron chi connectivity index (χ4n) is 13.4. The van der Waals surface area contributed by atoms with Crippen LogP contribution in [0.2, 0.25) is 0 Å². The van der Waals surface area contributed by atoms with Crippen LogP contribution in [-0.4, -0.2) is 83.9 Å². The second kappa shape index (κ2) is 41.8. The Bertz CT molecular complexity index is 6610. The lowest BCUT2D eigenvalue weighted by Crippen LogP contribution is -2.16. The number of benzene rings is 13. The van der Waals surface area contributed by atoms with Crippen molar-refractivity contribution < 1.29 is 39.6 Å². The van der Waals surface area contributed by atoms with Gasteiger partial charge in [0.1, 0.15) is 45.8 Å². The van der Waals surface area contributed by atoms with Crippen LogP contribution in [0.25, 0.3) is 101 Å². The van der Waals surface area contributed by atoms with Crippen molar-refractivity contribution in [2.75, 3.05) is 44.2 Å². The molecule has 0 saturated heterocycles. The summed E-state index contributed by atoms with van der Waals surface area (Å²) in [5.41, 5.74) is 41.0. The van der Waals surface area contributed by atoms with Crippen LogP contribution in [0.4, 0.5) is 46.0 Å². The number of aromatic hydroxyl groups is 4. The Morgan fingerprint density at radius 2 is 0.520 bits per heavy atom. The first-order valence-electron chi connectivity index (χ1n) is 40.7. The number of amides is 4. The smallest absolute Gasteiger partial charge is 0.230 e. The third-order valence-corrected chi connectivity index (χ3v) is 20.1. The predicted molar refractivity (Wildman–Crippen MR) is 502 cm³/mol. The Hall–Kier alpha value is -17.3. The fraction of sp³-hybridized carbons (Fsp3) is 0.0680. The van der Waals surface area contributed by atoms with Crippen molar-refractivity contribution in [2.24, 2.45) is 0 Å². The lowest BCUT2D eigenvalue weighted by Gasteiger charge is -2.12. The third kappa shape index (κ3) is 24.3. The van der Waals surface area contributed by atoms with Gasteiger partial charge < -0.3 is 64.6 Å². The zero-order valence-electron chi connectivity index (χ0n) is 68.7. The van der Waals surface area contributed by atoms with Gasteiger partial charge in [-0.2, -0.15) is 0 Å². The normalized spacial score (nSPS) is 10.6. The highest BCUT2D eigenvalue weighted by atomic mass is 16.3. The molecule has 127 heavy (non-hydrogen) atoms. The van der Waals surface area contributed by atoms with Gasteiger partial charge in [-0.15, -0.1) is 0 Å². The maximum Gasteiger partial charge on any atom is 0.230 e. The van der Waals surface area contributed by atoms with Crippen molar-refractivity contribution in [1.29, 1.82) is 0 Å². The maximum absolute atomic E-state index is 12.9. The number of nitrogens with two attached hydrogens (primary N) is 4. The molecule has 13 aromatic carbocycles. The van der Waals surface area contributed by atoms with E-state index in [-0.39, 0.29) is 59.5 Å². The van der Waals surface area contributed by atoms with Gasteiger partial charge in [-0.1, -0.05) is 182 Å². The molecule has 4 aromatic heterocycles. The number of nitrogens with one attached hydrogen (secondary N) is 4. The number of hydrogen-bond donors (Lipinski definition) is 12. The molecule has 0 bridgehead atoms. The number of nitrogen functional groups attached to an aromatic ring is 4. The summed E-state index contributed by atoms with van der Waals surface area (Å²) in [7, 11) is 0. The molecule has 0 radical (unpaired) electrons. The SMILES string of the molecule is Nc1ccc(-c2cnc(NC(=O)CCCc3ccccc3)c(-c3ccc(O)cc3)n2)cc1.Nc1ccc(-c2cnc(NC(=O)CCc3ccccc3)c(-c3ccc(O)cc3)n2)cc1.Nc1ccc(-c2cnc(NC(=O)Cc3ccc4ccccc4c3)c(-c3ccc(O)cc3)n2)cc1.Nc1ccc(-c2cnc(NC(=O)Cc3ccccc3)c(-c3ccc(O)cc3)n2)cc1. The lowest BCUT2D eigenvalue weighted by atomic mass is 10.0. The van der Waals surface area contributed by atoms with Crippen molar-refractivity contribution in [1.82, 2.24) is 39.9 Å². The van der Waals surface area contributed by atoms with E-state index in [4.69, 9.17) is 42.9 Å². The monoisotopic (exact) mass is 1680 g/mol.